The Labute approximate surface area is 120 Å². The minimum Gasteiger partial charge on any atom is -0.389 e. The summed E-state index contributed by atoms with van der Waals surface area (Å²) in [7, 11) is 0. The van der Waals surface area contributed by atoms with Crippen LogP contribution in [0.3, 0.4) is 0 Å². The zero-order valence-corrected chi connectivity index (χ0v) is 11.4. The van der Waals surface area contributed by atoms with Gasteiger partial charge >= 0.3 is 0 Å². The summed E-state index contributed by atoms with van der Waals surface area (Å²) in [5.41, 5.74) is 6.38. The van der Waals surface area contributed by atoms with Crippen molar-refractivity contribution in [3.63, 3.8) is 0 Å². The highest BCUT2D eigenvalue weighted by Crippen LogP contribution is 2.20. The maximum atomic E-state index is 13.8. The Hall–Kier alpha value is -2.08. The number of rotatable bonds is 5. The minimum absolute atomic E-state index is 0.0859. The van der Waals surface area contributed by atoms with Gasteiger partial charge in [-0.15, -0.1) is 0 Å². The second-order valence-corrected chi connectivity index (χ2v) is 4.62. The van der Waals surface area contributed by atoms with Gasteiger partial charge in [0.15, 0.2) is 11.6 Å². The molecule has 0 fully saturated rings. The van der Waals surface area contributed by atoms with Gasteiger partial charge in [-0.2, -0.15) is 0 Å². The highest BCUT2D eigenvalue weighted by atomic mass is 32.1. The molecule has 0 unspecified atom stereocenters. The van der Waals surface area contributed by atoms with Crippen molar-refractivity contribution in [3.8, 4) is 0 Å². The van der Waals surface area contributed by atoms with E-state index < -0.39 is 11.6 Å². The van der Waals surface area contributed by atoms with E-state index in [0.29, 0.717) is 13.0 Å². The van der Waals surface area contributed by atoms with Gasteiger partial charge in [-0.1, -0.05) is 12.2 Å². The molecule has 20 heavy (non-hydrogen) atoms. The molecule has 0 saturated heterocycles. The second-order valence-electron chi connectivity index (χ2n) is 4.19. The third-order valence-corrected chi connectivity index (χ3v) is 3.05. The van der Waals surface area contributed by atoms with Crippen LogP contribution in [0.5, 0.6) is 0 Å². The number of benzene rings is 1. The Morgan fingerprint density at radius 2 is 1.85 bits per heavy atom. The first kappa shape index (κ1) is 14.3. The number of pyridine rings is 1. The molecule has 0 aliphatic heterocycles. The highest BCUT2D eigenvalue weighted by Gasteiger charge is 2.14. The summed E-state index contributed by atoms with van der Waals surface area (Å²) in [5, 5.41) is 2.85. The van der Waals surface area contributed by atoms with Crippen LogP contribution in [0.15, 0.2) is 36.7 Å². The summed E-state index contributed by atoms with van der Waals surface area (Å²) < 4.78 is 27.5. The zero-order chi connectivity index (χ0) is 14.5. The smallest absolute Gasteiger partial charge is 0.182 e. The number of nitrogens with two attached hydrogens (primary N) is 1. The SMILES string of the molecule is NC(=S)c1ccc(NCCc2ccncc2)c(F)c1F. The fourth-order valence-corrected chi connectivity index (χ4v) is 1.92. The summed E-state index contributed by atoms with van der Waals surface area (Å²) >= 11 is 4.65. The number of hydrogen-bond acceptors (Lipinski definition) is 3. The van der Waals surface area contributed by atoms with Crippen LogP contribution in [-0.4, -0.2) is 16.5 Å². The first-order valence-corrected chi connectivity index (χ1v) is 6.41. The predicted octanol–water partition coefficient (Wildman–Crippen LogP) is 2.65. The van der Waals surface area contributed by atoms with Crippen molar-refractivity contribution >= 4 is 22.9 Å². The van der Waals surface area contributed by atoms with Crippen molar-refractivity contribution in [1.29, 1.82) is 0 Å². The molecule has 3 N–H and O–H groups in total. The van der Waals surface area contributed by atoms with E-state index in [9.17, 15) is 8.78 Å². The molecule has 1 aromatic carbocycles. The summed E-state index contributed by atoms with van der Waals surface area (Å²) in [5.74, 6) is -1.99. The molecular weight excluding hydrogens is 280 g/mol. The van der Waals surface area contributed by atoms with Crippen molar-refractivity contribution in [2.75, 3.05) is 11.9 Å². The molecule has 0 saturated carbocycles. The Balaban J connectivity index is 2.04. The second kappa shape index (κ2) is 6.38. The summed E-state index contributed by atoms with van der Waals surface area (Å²) in [6.07, 6.45) is 4.06. The Bertz CT molecular complexity index is 617. The molecule has 0 bridgehead atoms. The fourth-order valence-electron chi connectivity index (χ4n) is 1.77. The number of anilines is 1. The van der Waals surface area contributed by atoms with E-state index in [1.165, 1.54) is 12.1 Å². The molecule has 0 atom stereocenters. The summed E-state index contributed by atoms with van der Waals surface area (Å²) in [4.78, 5) is 3.75. The first-order chi connectivity index (χ1) is 9.59. The van der Waals surface area contributed by atoms with Gasteiger partial charge in [0.25, 0.3) is 0 Å². The largest absolute Gasteiger partial charge is 0.389 e. The number of aromatic nitrogens is 1. The fraction of sp³-hybridized carbons (Fsp3) is 0.143. The van der Waals surface area contributed by atoms with Gasteiger partial charge in [0.2, 0.25) is 0 Å². The van der Waals surface area contributed by atoms with Crippen LogP contribution < -0.4 is 11.1 Å². The van der Waals surface area contributed by atoms with Crippen LogP contribution in [0.4, 0.5) is 14.5 Å². The standard InChI is InChI=1S/C14H13F2N3S/c15-12-10(14(17)20)1-2-11(13(12)16)19-8-5-9-3-6-18-7-4-9/h1-4,6-7,19H,5,8H2,(H2,17,20). The number of thiocarbonyl (C=S) groups is 1. The van der Waals surface area contributed by atoms with Gasteiger partial charge in [0.05, 0.1) is 5.69 Å². The molecule has 104 valence electrons. The van der Waals surface area contributed by atoms with Gasteiger partial charge in [0, 0.05) is 24.5 Å². The number of hydrogen-bond donors (Lipinski definition) is 2. The molecule has 2 rings (SSSR count). The normalized spacial score (nSPS) is 10.3. The van der Waals surface area contributed by atoms with E-state index in [0.717, 1.165) is 5.56 Å². The molecule has 0 spiro atoms. The molecule has 6 heteroatoms. The van der Waals surface area contributed by atoms with Gasteiger partial charge in [-0.25, -0.2) is 8.78 Å². The van der Waals surface area contributed by atoms with Gasteiger partial charge in [0.1, 0.15) is 4.99 Å². The van der Waals surface area contributed by atoms with Crippen LogP contribution in [0.2, 0.25) is 0 Å². The average Bonchev–Trinajstić information content (AvgIpc) is 2.44. The maximum Gasteiger partial charge on any atom is 0.182 e. The van der Waals surface area contributed by atoms with Crippen molar-refractivity contribution < 1.29 is 8.78 Å². The molecule has 0 amide bonds. The lowest BCUT2D eigenvalue weighted by Crippen LogP contribution is -2.14. The van der Waals surface area contributed by atoms with Gasteiger partial charge in [-0.05, 0) is 36.2 Å². The van der Waals surface area contributed by atoms with Crippen LogP contribution in [0, 0.1) is 11.6 Å². The molecule has 3 nitrogen and oxygen atoms in total. The average molecular weight is 293 g/mol. The molecular formula is C14H13F2N3S. The van der Waals surface area contributed by atoms with Gasteiger partial charge in [-0.3, -0.25) is 4.98 Å². The molecule has 0 radical (unpaired) electrons. The Morgan fingerprint density at radius 1 is 1.15 bits per heavy atom. The Morgan fingerprint density at radius 3 is 2.50 bits per heavy atom. The lowest BCUT2D eigenvalue weighted by atomic mass is 10.1. The molecule has 0 aliphatic rings. The van der Waals surface area contributed by atoms with E-state index in [1.54, 1.807) is 12.4 Å². The van der Waals surface area contributed by atoms with Crippen molar-refractivity contribution in [1.82, 2.24) is 4.98 Å². The van der Waals surface area contributed by atoms with E-state index in [1.807, 2.05) is 12.1 Å². The third-order valence-electron chi connectivity index (χ3n) is 2.83. The minimum atomic E-state index is -1.02. The van der Waals surface area contributed by atoms with Crippen molar-refractivity contribution in [2.45, 2.75) is 6.42 Å². The predicted molar refractivity (Wildman–Crippen MR) is 78.7 cm³/mol. The van der Waals surface area contributed by atoms with E-state index >= 15 is 0 Å². The lowest BCUT2D eigenvalue weighted by Gasteiger charge is -2.10. The summed E-state index contributed by atoms with van der Waals surface area (Å²) in [6.45, 7) is 0.479. The quantitative estimate of drug-likeness (QED) is 0.832. The lowest BCUT2D eigenvalue weighted by molar-refractivity contribution is 0.509. The number of nitrogens with one attached hydrogen (secondary N) is 1. The third kappa shape index (κ3) is 3.27. The van der Waals surface area contributed by atoms with E-state index in [4.69, 9.17) is 5.73 Å². The van der Waals surface area contributed by atoms with Crippen LogP contribution in [0.25, 0.3) is 0 Å². The van der Waals surface area contributed by atoms with Crippen LogP contribution >= 0.6 is 12.2 Å². The maximum absolute atomic E-state index is 13.8. The molecule has 0 aliphatic carbocycles. The zero-order valence-electron chi connectivity index (χ0n) is 10.6. The molecule has 1 aromatic heterocycles. The van der Waals surface area contributed by atoms with Gasteiger partial charge < -0.3 is 11.1 Å². The Kier molecular flexibility index (Phi) is 4.57. The monoisotopic (exact) mass is 293 g/mol. The highest BCUT2D eigenvalue weighted by molar-refractivity contribution is 7.80. The van der Waals surface area contributed by atoms with E-state index in [-0.39, 0.29) is 16.2 Å². The van der Waals surface area contributed by atoms with Crippen molar-refractivity contribution in [2.24, 2.45) is 5.73 Å². The molecule has 2 aromatic rings. The topological polar surface area (TPSA) is 50.9 Å². The van der Waals surface area contributed by atoms with E-state index in [2.05, 4.69) is 22.5 Å². The number of halogens is 2. The number of nitrogens with zero attached hydrogens (tertiary/aromatic N) is 1. The van der Waals surface area contributed by atoms with Crippen LogP contribution in [-0.2, 0) is 6.42 Å². The molecule has 1 heterocycles. The van der Waals surface area contributed by atoms with Crippen LogP contribution in [0.1, 0.15) is 11.1 Å². The first-order valence-electron chi connectivity index (χ1n) is 6.00. The summed E-state index contributed by atoms with van der Waals surface area (Å²) in [6, 6.07) is 6.54. The van der Waals surface area contributed by atoms with Crippen molar-refractivity contribution in [3.05, 3.63) is 59.4 Å².